The molecule has 28 heavy (non-hydrogen) atoms. The molecular formula is C22H26FNO4. The summed E-state index contributed by atoms with van der Waals surface area (Å²) < 4.78 is 25.1. The van der Waals surface area contributed by atoms with Gasteiger partial charge < -0.3 is 14.6 Å². The van der Waals surface area contributed by atoms with Crippen LogP contribution in [0, 0.1) is 5.82 Å². The molecule has 6 heteroatoms. The van der Waals surface area contributed by atoms with Crippen molar-refractivity contribution < 1.29 is 23.8 Å². The number of nitrogens with zero attached hydrogens (tertiary/aromatic N) is 1. The van der Waals surface area contributed by atoms with Gasteiger partial charge in [-0.25, -0.2) is 9.18 Å². The zero-order valence-electron chi connectivity index (χ0n) is 16.0. The van der Waals surface area contributed by atoms with Crippen molar-refractivity contribution in [3.8, 4) is 0 Å². The van der Waals surface area contributed by atoms with Gasteiger partial charge in [0.25, 0.3) is 0 Å². The average Bonchev–Trinajstić information content (AvgIpc) is 2.72. The van der Waals surface area contributed by atoms with E-state index < -0.39 is 12.2 Å². The maximum atomic E-state index is 13.4. The van der Waals surface area contributed by atoms with Crippen LogP contribution in [0.25, 0.3) is 0 Å². The van der Waals surface area contributed by atoms with Crippen LogP contribution in [0.5, 0.6) is 0 Å². The van der Waals surface area contributed by atoms with E-state index in [1.165, 1.54) is 12.1 Å². The molecule has 0 aromatic heterocycles. The fourth-order valence-electron chi connectivity index (χ4n) is 3.54. The number of rotatable bonds is 8. The van der Waals surface area contributed by atoms with Crippen molar-refractivity contribution in [1.82, 2.24) is 4.90 Å². The van der Waals surface area contributed by atoms with Gasteiger partial charge in [0.15, 0.2) is 0 Å². The van der Waals surface area contributed by atoms with Crippen molar-refractivity contribution in [2.75, 3.05) is 19.7 Å². The maximum Gasteiger partial charge on any atom is 0.348 e. The Kier molecular flexibility index (Phi) is 7.14. The Balaban J connectivity index is 1.69. The number of carbonyl (C=O) groups is 1. The Labute approximate surface area is 164 Å². The topological polar surface area (TPSA) is 59.0 Å². The number of carboxylic acid groups (broad SMARTS) is 1. The van der Waals surface area contributed by atoms with Crippen LogP contribution in [0.1, 0.15) is 37.0 Å². The molecule has 2 aromatic rings. The molecule has 150 valence electrons. The van der Waals surface area contributed by atoms with Gasteiger partial charge in [0.05, 0.1) is 6.10 Å². The number of likely N-dealkylation sites (tertiary alicyclic amines) is 1. The number of benzene rings is 2. The summed E-state index contributed by atoms with van der Waals surface area (Å²) in [6.07, 6.45) is 0.207. The monoisotopic (exact) mass is 387 g/mol. The summed E-state index contributed by atoms with van der Waals surface area (Å²) in [5, 5.41) is 9.36. The van der Waals surface area contributed by atoms with Gasteiger partial charge in [-0.2, -0.15) is 0 Å². The van der Waals surface area contributed by atoms with Crippen LogP contribution in [0.3, 0.4) is 0 Å². The van der Waals surface area contributed by atoms with E-state index in [9.17, 15) is 14.3 Å². The van der Waals surface area contributed by atoms with Gasteiger partial charge in [0, 0.05) is 19.7 Å². The van der Waals surface area contributed by atoms with Crippen molar-refractivity contribution >= 4 is 5.97 Å². The van der Waals surface area contributed by atoms with E-state index in [1.807, 2.05) is 35.2 Å². The quantitative estimate of drug-likeness (QED) is 0.746. The zero-order valence-corrected chi connectivity index (χ0v) is 16.0. The van der Waals surface area contributed by atoms with Crippen molar-refractivity contribution in [3.63, 3.8) is 0 Å². The van der Waals surface area contributed by atoms with Crippen molar-refractivity contribution in [3.05, 3.63) is 71.5 Å². The minimum absolute atomic E-state index is 0.0115. The fourth-order valence-corrected chi connectivity index (χ4v) is 3.54. The van der Waals surface area contributed by atoms with Crippen LogP contribution in [0.15, 0.2) is 54.6 Å². The van der Waals surface area contributed by atoms with E-state index in [2.05, 4.69) is 0 Å². The Morgan fingerprint density at radius 2 is 1.71 bits per heavy atom. The molecule has 2 atom stereocenters. The molecule has 2 aromatic carbocycles. The van der Waals surface area contributed by atoms with Crippen molar-refractivity contribution in [2.24, 2.45) is 0 Å². The molecule has 1 saturated heterocycles. The van der Waals surface area contributed by atoms with Crippen molar-refractivity contribution in [1.29, 1.82) is 0 Å². The summed E-state index contributed by atoms with van der Waals surface area (Å²) >= 11 is 0. The number of piperidine rings is 1. The molecule has 0 aliphatic carbocycles. The van der Waals surface area contributed by atoms with Gasteiger partial charge in [0.1, 0.15) is 11.9 Å². The number of carboxylic acids is 1. The van der Waals surface area contributed by atoms with E-state index in [0.29, 0.717) is 32.5 Å². The van der Waals surface area contributed by atoms with Crippen LogP contribution in [0.4, 0.5) is 4.39 Å². The highest BCUT2D eigenvalue weighted by Crippen LogP contribution is 2.30. The van der Waals surface area contributed by atoms with Crippen LogP contribution >= 0.6 is 0 Å². The molecule has 1 aliphatic rings. The third kappa shape index (κ3) is 5.16. The Morgan fingerprint density at radius 1 is 1.11 bits per heavy atom. The average molecular weight is 387 g/mol. The lowest BCUT2D eigenvalue weighted by atomic mass is 10.00. The second kappa shape index (κ2) is 9.78. The number of hydrogen-bond acceptors (Lipinski definition) is 4. The van der Waals surface area contributed by atoms with Gasteiger partial charge in [-0.3, -0.25) is 4.90 Å². The SMILES string of the molecule is CCOC(C(=O)O)N1CCC(OC(c2ccccc2)c2ccc(F)cc2)CC1. The number of ether oxygens (including phenoxy) is 2. The Hall–Kier alpha value is -2.28. The summed E-state index contributed by atoms with van der Waals surface area (Å²) in [7, 11) is 0. The molecule has 3 rings (SSSR count). The molecular weight excluding hydrogens is 361 g/mol. The van der Waals surface area contributed by atoms with Crippen molar-refractivity contribution in [2.45, 2.75) is 38.2 Å². The standard InChI is InChI=1S/C22H26FNO4/c1-2-27-21(22(25)26)24-14-12-19(13-15-24)28-20(16-6-4-3-5-7-16)17-8-10-18(23)11-9-17/h3-11,19-21H,2,12-15H2,1H3,(H,25,26). The lowest BCUT2D eigenvalue weighted by molar-refractivity contribution is -0.168. The second-order valence-corrected chi connectivity index (χ2v) is 6.86. The van der Waals surface area contributed by atoms with Crippen LogP contribution < -0.4 is 0 Å². The molecule has 1 N–H and O–H groups in total. The van der Waals surface area contributed by atoms with Crippen LogP contribution in [-0.2, 0) is 14.3 Å². The molecule has 0 spiro atoms. The lowest BCUT2D eigenvalue weighted by Gasteiger charge is -2.36. The number of aliphatic carboxylic acids is 1. The highest BCUT2D eigenvalue weighted by molar-refractivity contribution is 5.71. The smallest absolute Gasteiger partial charge is 0.348 e. The summed E-state index contributed by atoms with van der Waals surface area (Å²) in [5.74, 6) is -1.24. The number of hydrogen-bond donors (Lipinski definition) is 1. The van der Waals surface area contributed by atoms with E-state index >= 15 is 0 Å². The summed E-state index contributed by atoms with van der Waals surface area (Å²) in [5.41, 5.74) is 1.90. The first kappa shape index (κ1) is 20.5. The minimum Gasteiger partial charge on any atom is -0.478 e. The van der Waals surface area contributed by atoms with E-state index in [1.54, 1.807) is 19.1 Å². The highest BCUT2D eigenvalue weighted by atomic mass is 19.1. The molecule has 0 amide bonds. The fraction of sp³-hybridized carbons (Fsp3) is 0.409. The molecule has 1 fully saturated rings. The Bertz CT molecular complexity index is 745. The maximum absolute atomic E-state index is 13.4. The molecule has 1 heterocycles. The van der Waals surface area contributed by atoms with Crippen LogP contribution in [0.2, 0.25) is 0 Å². The molecule has 0 saturated carbocycles. The normalized spacial score (nSPS) is 17.9. The molecule has 5 nitrogen and oxygen atoms in total. The molecule has 0 radical (unpaired) electrons. The predicted octanol–water partition coefficient (Wildman–Crippen LogP) is 3.84. The van der Waals surface area contributed by atoms with Gasteiger partial charge in [-0.05, 0) is 43.0 Å². The summed E-state index contributed by atoms with van der Waals surface area (Å²) in [6, 6.07) is 16.2. The second-order valence-electron chi connectivity index (χ2n) is 6.86. The van der Waals surface area contributed by atoms with Gasteiger partial charge in [-0.15, -0.1) is 0 Å². The third-order valence-electron chi connectivity index (χ3n) is 4.95. The number of halogens is 1. The molecule has 1 aliphatic heterocycles. The summed E-state index contributed by atoms with van der Waals surface area (Å²) in [6.45, 7) is 3.33. The van der Waals surface area contributed by atoms with Gasteiger partial charge in [0.2, 0.25) is 6.23 Å². The third-order valence-corrected chi connectivity index (χ3v) is 4.95. The van der Waals surface area contributed by atoms with Gasteiger partial charge >= 0.3 is 5.97 Å². The van der Waals surface area contributed by atoms with Crippen LogP contribution in [-0.4, -0.2) is 48.0 Å². The Morgan fingerprint density at radius 3 is 2.29 bits per heavy atom. The summed E-state index contributed by atoms with van der Waals surface area (Å²) in [4.78, 5) is 13.3. The lowest BCUT2D eigenvalue weighted by Crippen LogP contribution is -2.48. The predicted molar refractivity (Wildman–Crippen MR) is 103 cm³/mol. The van der Waals surface area contributed by atoms with E-state index in [4.69, 9.17) is 9.47 Å². The van der Waals surface area contributed by atoms with E-state index in [0.717, 1.165) is 11.1 Å². The zero-order chi connectivity index (χ0) is 19.9. The minimum atomic E-state index is -0.963. The first-order valence-electron chi connectivity index (χ1n) is 9.62. The first-order valence-corrected chi connectivity index (χ1v) is 9.62. The highest BCUT2D eigenvalue weighted by Gasteiger charge is 2.31. The molecule has 2 unspecified atom stereocenters. The van der Waals surface area contributed by atoms with E-state index in [-0.39, 0.29) is 18.0 Å². The first-order chi connectivity index (χ1) is 13.6. The largest absolute Gasteiger partial charge is 0.478 e. The molecule has 0 bridgehead atoms. The van der Waals surface area contributed by atoms with Gasteiger partial charge in [-0.1, -0.05) is 42.5 Å².